The van der Waals surface area contributed by atoms with Crippen molar-refractivity contribution in [1.82, 2.24) is 0 Å². The molecule has 0 unspecified atom stereocenters. The van der Waals surface area contributed by atoms with E-state index in [0.29, 0.717) is 12.2 Å². The first-order chi connectivity index (χ1) is 8.16. The lowest BCUT2D eigenvalue weighted by molar-refractivity contribution is -0.120. The molecule has 0 atom stereocenters. The molecular weight excluding hydrogens is 210 g/mol. The Balaban J connectivity index is 2.13. The molecule has 2 N–H and O–H groups in total. The largest absolute Gasteiger partial charge is 0.325 e. The molecule has 1 fully saturated rings. The minimum Gasteiger partial charge on any atom is -0.325 e. The Morgan fingerprint density at radius 3 is 2.53 bits per heavy atom. The van der Waals surface area contributed by atoms with Crippen LogP contribution in [0.1, 0.15) is 70.6 Å². The Hall–Kier alpha value is -0.630. The van der Waals surface area contributed by atoms with Gasteiger partial charge < -0.3 is 5.73 Å². The summed E-state index contributed by atoms with van der Waals surface area (Å²) in [5.74, 6) is 0.369. The molecule has 0 aromatic carbocycles. The average Bonchev–Trinajstić information content (AvgIpc) is 2.29. The Bertz CT molecular complexity index is 241. The minimum absolute atomic E-state index is 0.170. The van der Waals surface area contributed by atoms with Crippen LogP contribution in [0.15, 0.2) is 12.7 Å². The Morgan fingerprint density at radius 2 is 1.88 bits per heavy atom. The topological polar surface area (TPSA) is 43.1 Å². The second-order valence-corrected chi connectivity index (χ2v) is 5.53. The van der Waals surface area contributed by atoms with E-state index in [4.69, 9.17) is 5.73 Å². The van der Waals surface area contributed by atoms with Gasteiger partial charge in [-0.25, -0.2) is 0 Å². The number of unbranched alkanes of at least 4 members (excludes halogenated alkanes) is 3. The van der Waals surface area contributed by atoms with Gasteiger partial charge in [0.25, 0.3) is 0 Å². The first-order valence-electron chi connectivity index (χ1n) is 7.08. The van der Waals surface area contributed by atoms with E-state index in [1.54, 1.807) is 0 Å². The first kappa shape index (κ1) is 14.4. The van der Waals surface area contributed by atoms with Crippen LogP contribution in [0, 0.1) is 0 Å². The van der Waals surface area contributed by atoms with E-state index in [0.717, 1.165) is 44.9 Å². The molecule has 0 bridgehead atoms. The summed E-state index contributed by atoms with van der Waals surface area (Å²) >= 11 is 0. The van der Waals surface area contributed by atoms with E-state index in [1.165, 1.54) is 19.3 Å². The van der Waals surface area contributed by atoms with Crippen molar-refractivity contribution in [3.63, 3.8) is 0 Å². The molecular formula is C15H27NO. The van der Waals surface area contributed by atoms with Crippen LogP contribution in [-0.2, 0) is 4.79 Å². The number of ketones is 1. The molecule has 0 aromatic rings. The van der Waals surface area contributed by atoms with Gasteiger partial charge in [-0.1, -0.05) is 31.8 Å². The lowest BCUT2D eigenvalue weighted by Gasteiger charge is -2.32. The predicted molar refractivity (Wildman–Crippen MR) is 72.9 cm³/mol. The van der Waals surface area contributed by atoms with Gasteiger partial charge in [0.2, 0.25) is 0 Å². The van der Waals surface area contributed by atoms with Crippen LogP contribution < -0.4 is 5.73 Å². The van der Waals surface area contributed by atoms with Gasteiger partial charge in [0.1, 0.15) is 5.78 Å². The number of carbonyl (C=O) groups excluding carboxylic acids is 1. The molecule has 0 amide bonds. The fourth-order valence-electron chi connectivity index (χ4n) is 2.70. The molecule has 0 heterocycles. The highest BCUT2D eigenvalue weighted by atomic mass is 16.1. The van der Waals surface area contributed by atoms with E-state index in [2.05, 4.69) is 6.58 Å². The molecule has 17 heavy (non-hydrogen) atoms. The molecule has 0 saturated heterocycles. The van der Waals surface area contributed by atoms with Crippen molar-refractivity contribution in [2.24, 2.45) is 5.73 Å². The molecule has 0 spiro atoms. The quantitative estimate of drug-likeness (QED) is 0.516. The van der Waals surface area contributed by atoms with Gasteiger partial charge >= 0.3 is 0 Å². The van der Waals surface area contributed by atoms with E-state index < -0.39 is 0 Å². The van der Waals surface area contributed by atoms with Crippen molar-refractivity contribution in [3.8, 4) is 0 Å². The van der Waals surface area contributed by atoms with Gasteiger partial charge in [-0.15, -0.1) is 6.58 Å². The van der Waals surface area contributed by atoms with E-state index in [-0.39, 0.29) is 5.54 Å². The third kappa shape index (κ3) is 6.02. The fourth-order valence-corrected chi connectivity index (χ4v) is 2.70. The van der Waals surface area contributed by atoms with Gasteiger partial charge in [-0.3, -0.25) is 4.79 Å². The van der Waals surface area contributed by atoms with Gasteiger partial charge in [0, 0.05) is 18.4 Å². The summed E-state index contributed by atoms with van der Waals surface area (Å²) in [5.41, 5.74) is 6.11. The minimum atomic E-state index is -0.170. The fraction of sp³-hybridized carbons (Fsp3) is 0.800. The van der Waals surface area contributed by atoms with Crippen LogP contribution in [0.2, 0.25) is 0 Å². The Labute approximate surface area is 106 Å². The normalized spacial score (nSPS) is 18.9. The van der Waals surface area contributed by atoms with Crippen LogP contribution in [0.5, 0.6) is 0 Å². The van der Waals surface area contributed by atoms with Gasteiger partial charge in [-0.2, -0.15) is 0 Å². The van der Waals surface area contributed by atoms with Gasteiger partial charge in [0.05, 0.1) is 0 Å². The monoisotopic (exact) mass is 237 g/mol. The highest BCUT2D eigenvalue weighted by molar-refractivity contribution is 5.79. The number of allylic oxidation sites excluding steroid dienone is 1. The number of rotatable bonds is 8. The summed E-state index contributed by atoms with van der Waals surface area (Å²) in [6.07, 6.45) is 13.4. The number of carbonyl (C=O) groups is 1. The van der Waals surface area contributed by atoms with Crippen LogP contribution >= 0.6 is 0 Å². The standard InChI is InChI=1S/C15H27NO/c1-2-3-4-5-7-10-14(17)13-15(16)11-8-6-9-12-15/h2H,1,3-13,16H2. The molecule has 1 aliphatic rings. The van der Waals surface area contributed by atoms with Gasteiger partial charge in [-0.05, 0) is 32.1 Å². The second kappa shape index (κ2) is 7.65. The third-order valence-corrected chi connectivity index (χ3v) is 3.76. The smallest absolute Gasteiger partial charge is 0.134 e. The second-order valence-electron chi connectivity index (χ2n) is 5.53. The number of hydrogen-bond donors (Lipinski definition) is 1. The molecule has 2 nitrogen and oxygen atoms in total. The van der Waals surface area contributed by atoms with E-state index in [1.807, 2.05) is 6.08 Å². The SMILES string of the molecule is C=CCCCCCC(=O)CC1(N)CCCCC1. The first-order valence-corrected chi connectivity index (χ1v) is 7.08. The van der Waals surface area contributed by atoms with Crippen molar-refractivity contribution in [3.05, 3.63) is 12.7 Å². The number of Topliss-reactive ketones (excluding diaryl/α,β-unsaturated/α-hetero) is 1. The van der Waals surface area contributed by atoms with E-state index >= 15 is 0 Å². The zero-order valence-corrected chi connectivity index (χ0v) is 11.0. The van der Waals surface area contributed by atoms with Crippen LogP contribution in [-0.4, -0.2) is 11.3 Å². The molecule has 1 saturated carbocycles. The zero-order valence-electron chi connectivity index (χ0n) is 11.0. The zero-order chi connectivity index (χ0) is 12.6. The lowest BCUT2D eigenvalue weighted by atomic mass is 9.78. The summed E-state index contributed by atoms with van der Waals surface area (Å²) in [7, 11) is 0. The maximum Gasteiger partial charge on any atom is 0.134 e. The maximum absolute atomic E-state index is 11.8. The van der Waals surface area contributed by atoms with Crippen molar-refractivity contribution < 1.29 is 4.79 Å². The van der Waals surface area contributed by atoms with E-state index in [9.17, 15) is 4.79 Å². The van der Waals surface area contributed by atoms with Crippen LogP contribution in [0.25, 0.3) is 0 Å². The van der Waals surface area contributed by atoms with Crippen molar-refractivity contribution in [2.45, 2.75) is 76.2 Å². The summed E-state index contributed by atoms with van der Waals surface area (Å²) in [6.45, 7) is 3.70. The Morgan fingerprint density at radius 1 is 1.18 bits per heavy atom. The number of nitrogens with two attached hydrogens (primary N) is 1. The Kier molecular flexibility index (Phi) is 6.49. The third-order valence-electron chi connectivity index (χ3n) is 3.76. The molecule has 1 rings (SSSR count). The molecule has 2 heteroatoms. The molecule has 0 aromatic heterocycles. The molecule has 0 aliphatic heterocycles. The van der Waals surface area contributed by atoms with Crippen LogP contribution in [0.4, 0.5) is 0 Å². The number of hydrogen-bond acceptors (Lipinski definition) is 2. The van der Waals surface area contributed by atoms with Crippen molar-refractivity contribution >= 4 is 5.78 Å². The van der Waals surface area contributed by atoms with Crippen molar-refractivity contribution in [1.29, 1.82) is 0 Å². The molecule has 0 radical (unpaired) electrons. The van der Waals surface area contributed by atoms with Crippen molar-refractivity contribution in [2.75, 3.05) is 0 Å². The summed E-state index contributed by atoms with van der Waals surface area (Å²) in [6, 6.07) is 0. The highest BCUT2D eigenvalue weighted by Gasteiger charge is 2.29. The molecule has 98 valence electrons. The molecule has 1 aliphatic carbocycles. The summed E-state index contributed by atoms with van der Waals surface area (Å²) < 4.78 is 0. The maximum atomic E-state index is 11.8. The van der Waals surface area contributed by atoms with Crippen LogP contribution in [0.3, 0.4) is 0 Å². The highest BCUT2D eigenvalue weighted by Crippen LogP contribution is 2.29. The summed E-state index contributed by atoms with van der Waals surface area (Å²) in [4.78, 5) is 11.8. The summed E-state index contributed by atoms with van der Waals surface area (Å²) in [5, 5.41) is 0. The van der Waals surface area contributed by atoms with Gasteiger partial charge in [0.15, 0.2) is 0 Å². The average molecular weight is 237 g/mol. The lowest BCUT2D eigenvalue weighted by Crippen LogP contribution is -2.43. The predicted octanol–water partition coefficient (Wildman–Crippen LogP) is 3.74.